The van der Waals surface area contributed by atoms with Crippen molar-refractivity contribution in [2.45, 2.75) is 32.3 Å². The third-order valence-electron chi connectivity index (χ3n) is 4.27. The van der Waals surface area contributed by atoms with Crippen molar-refractivity contribution in [3.8, 4) is 0 Å². The van der Waals surface area contributed by atoms with Crippen molar-refractivity contribution < 1.29 is 18.3 Å². The quantitative estimate of drug-likeness (QED) is 0.450. The normalized spacial score (nSPS) is 22.8. The maximum Gasteiger partial charge on any atom is 0.310 e. The maximum absolute atomic E-state index is 13.9. The minimum absolute atomic E-state index is 0.124. The van der Waals surface area contributed by atoms with Gasteiger partial charge in [0.2, 0.25) is 0 Å². The fourth-order valence-corrected chi connectivity index (χ4v) is 3.21. The number of halogens is 2. The number of hydrogen-bond donors (Lipinski definition) is 0. The summed E-state index contributed by atoms with van der Waals surface area (Å²) in [4.78, 5) is 12.6. The highest BCUT2D eigenvalue weighted by Gasteiger charge is 2.61. The zero-order valence-electron chi connectivity index (χ0n) is 13.2. The predicted octanol–water partition coefficient (Wildman–Crippen LogP) is 4.58. The molecule has 2 nitrogen and oxygen atoms in total. The molecule has 1 fully saturated rings. The van der Waals surface area contributed by atoms with Crippen LogP contribution < -0.4 is 0 Å². The number of hydrogen-bond acceptors (Lipinski definition) is 3. The Morgan fingerprint density at radius 2 is 1.95 bits per heavy atom. The van der Waals surface area contributed by atoms with Gasteiger partial charge in [0.15, 0.2) is 0 Å². The summed E-state index contributed by atoms with van der Waals surface area (Å²) in [6.07, 6.45) is 5.62. The Labute approximate surface area is 133 Å². The van der Waals surface area contributed by atoms with Crippen LogP contribution in [-0.2, 0) is 16.1 Å². The van der Waals surface area contributed by atoms with E-state index in [2.05, 4.69) is 0 Å². The monoisotopic (exact) mass is 326 g/mol. The summed E-state index contributed by atoms with van der Waals surface area (Å²) < 4.78 is 32.9. The van der Waals surface area contributed by atoms with E-state index in [0.29, 0.717) is 4.90 Å². The van der Waals surface area contributed by atoms with Crippen LogP contribution in [0.3, 0.4) is 0 Å². The summed E-state index contributed by atoms with van der Waals surface area (Å²) >= 11 is 1.26. The van der Waals surface area contributed by atoms with E-state index in [1.807, 2.05) is 32.9 Å². The molecule has 120 valence electrons. The number of carbonyl (C=O) groups excluding carboxylic acids is 1. The van der Waals surface area contributed by atoms with E-state index in [-0.39, 0.29) is 29.4 Å². The van der Waals surface area contributed by atoms with Crippen LogP contribution in [0.1, 0.15) is 26.3 Å². The molecule has 1 aromatic carbocycles. The second kappa shape index (κ2) is 6.41. The molecule has 2 unspecified atom stereocenters. The Kier molecular flexibility index (Phi) is 4.95. The summed E-state index contributed by atoms with van der Waals surface area (Å²) in [6, 6.07) is 2.50. The van der Waals surface area contributed by atoms with E-state index < -0.39 is 17.6 Å². The molecule has 1 aliphatic carbocycles. The first-order chi connectivity index (χ1) is 10.3. The first kappa shape index (κ1) is 17.0. The molecule has 0 spiro atoms. The van der Waals surface area contributed by atoms with Gasteiger partial charge in [-0.3, -0.25) is 4.79 Å². The predicted molar refractivity (Wildman–Crippen MR) is 83.5 cm³/mol. The third-order valence-corrected chi connectivity index (χ3v) is 4.98. The van der Waals surface area contributed by atoms with Gasteiger partial charge in [0, 0.05) is 4.90 Å². The van der Waals surface area contributed by atoms with E-state index in [9.17, 15) is 13.6 Å². The van der Waals surface area contributed by atoms with Crippen LogP contribution in [0.15, 0.2) is 29.2 Å². The molecule has 0 radical (unpaired) electrons. The molecule has 0 bridgehead atoms. The standard InChI is InChI=1S/C17H20F2O2S/c1-5-6-12-15(17(12,2)3)16(20)21-9-11-13(18)7-10(22-4)8-14(11)19/h5-8,12,15H,9H2,1-4H3. The topological polar surface area (TPSA) is 26.3 Å². The third kappa shape index (κ3) is 3.19. The molecule has 0 heterocycles. The van der Waals surface area contributed by atoms with Gasteiger partial charge in [0.25, 0.3) is 0 Å². The minimum Gasteiger partial charge on any atom is -0.460 e. The maximum atomic E-state index is 13.9. The van der Waals surface area contributed by atoms with Gasteiger partial charge in [0.05, 0.1) is 11.5 Å². The van der Waals surface area contributed by atoms with Crippen molar-refractivity contribution in [1.29, 1.82) is 0 Å². The van der Waals surface area contributed by atoms with Gasteiger partial charge >= 0.3 is 5.97 Å². The Morgan fingerprint density at radius 1 is 1.36 bits per heavy atom. The Balaban J connectivity index is 2.04. The van der Waals surface area contributed by atoms with Crippen molar-refractivity contribution in [2.24, 2.45) is 17.3 Å². The lowest BCUT2D eigenvalue weighted by atomic mass is 10.1. The number of benzene rings is 1. The van der Waals surface area contributed by atoms with Gasteiger partial charge in [-0.1, -0.05) is 26.0 Å². The van der Waals surface area contributed by atoms with Crippen molar-refractivity contribution in [3.63, 3.8) is 0 Å². The molecule has 0 amide bonds. The fourth-order valence-electron chi connectivity index (χ4n) is 2.76. The molecule has 2 rings (SSSR count). The van der Waals surface area contributed by atoms with Crippen molar-refractivity contribution in [2.75, 3.05) is 6.26 Å². The Morgan fingerprint density at radius 3 is 2.45 bits per heavy atom. The number of thioether (sulfide) groups is 1. The Hall–Kier alpha value is -1.36. The highest BCUT2D eigenvalue weighted by molar-refractivity contribution is 7.98. The number of esters is 1. The lowest BCUT2D eigenvalue weighted by Crippen LogP contribution is -2.12. The van der Waals surface area contributed by atoms with Crippen LogP contribution in [0.2, 0.25) is 0 Å². The summed E-state index contributed by atoms with van der Waals surface area (Å²) in [5.74, 6) is -1.89. The lowest BCUT2D eigenvalue weighted by molar-refractivity contribution is -0.147. The van der Waals surface area contributed by atoms with Gasteiger partial charge in [0.1, 0.15) is 18.2 Å². The number of ether oxygens (including phenoxy) is 1. The second-order valence-electron chi connectivity index (χ2n) is 6.03. The zero-order valence-corrected chi connectivity index (χ0v) is 14.0. The van der Waals surface area contributed by atoms with E-state index >= 15 is 0 Å². The summed E-state index contributed by atoms with van der Waals surface area (Å²) in [5, 5.41) is 0. The average Bonchev–Trinajstić information content (AvgIpc) is 2.99. The summed E-state index contributed by atoms with van der Waals surface area (Å²) in [6.45, 7) is 5.49. The van der Waals surface area contributed by atoms with Gasteiger partial charge < -0.3 is 4.74 Å². The molecule has 22 heavy (non-hydrogen) atoms. The summed E-state index contributed by atoms with van der Waals surface area (Å²) in [5.41, 5.74) is -0.365. The van der Waals surface area contributed by atoms with Crippen molar-refractivity contribution >= 4 is 17.7 Å². The van der Waals surface area contributed by atoms with Crippen LogP contribution in [0.5, 0.6) is 0 Å². The number of allylic oxidation sites excluding steroid dienone is 2. The van der Waals surface area contributed by atoms with Gasteiger partial charge in [-0.05, 0) is 36.6 Å². The van der Waals surface area contributed by atoms with Crippen LogP contribution in [-0.4, -0.2) is 12.2 Å². The molecule has 2 atom stereocenters. The van der Waals surface area contributed by atoms with Gasteiger partial charge in [-0.25, -0.2) is 8.78 Å². The highest BCUT2D eigenvalue weighted by Crippen LogP contribution is 2.59. The van der Waals surface area contributed by atoms with Crippen LogP contribution in [0, 0.1) is 28.9 Å². The molecule has 5 heteroatoms. The van der Waals surface area contributed by atoms with Crippen molar-refractivity contribution in [1.82, 2.24) is 0 Å². The first-order valence-electron chi connectivity index (χ1n) is 7.14. The molecule has 0 N–H and O–H groups in total. The zero-order chi connectivity index (χ0) is 16.5. The Bertz CT molecular complexity index is 588. The molecular formula is C17H20F2O2S. The average molecular weight is 326 g/mol. The van der Waals surface area contributed by atoms with Crippen LogP contribution in [0.4, 0.5) is 8.78 Å². The number of rotatable bonds is 5. The second-order valence-corrected chi connectivity index (χ2v) is 6.91. The SMILES string of the molecule is CC=CC1C(C(=O)OCc2c(F)cc(SC)cc2F)C1(C)C. The molecule has 1 saturated carbocycles. The van der Waals surface area contributed by atoms with Gasteiger partial charge in [-0.2, -0.15) is 0 Å². The van der Waals surface area contributed by atoms with E-state index in [4.69, 9.17) is 4.74 Å². The fraction of sp³-hybridized carbons (Fsp3) is 0.471. The van der Waals surface area contributed by atoms with E-state index in [1.165, 1.54) is 23.9 Å². The molecule has 0 aliphatic heterocycles. The molecule has 1 aliphatic rings. The lowest BCUT2D eigenvalue weighted by Gasteiger charge is -2.09. The molecule has 0 saturated heterocycles. The van der Waals surface area contributed by atoms with E-state index in [0.717, 1.165) is 0 Å². The summed E-state index contributed by atoms with van der Waals surface area (Å²) in [7, 11) is 0. The highest BCUT2D eigenvalue weighted by atomic mass is 32.2. The van der Waals surface area contributed by atoms with Crippen molar-refractivity contribution in [3.05, 3.63) is 41.5 Å². The molecule has 0 aromatic heterocycles. The number of carbonyl (C=O) groups is 1. The van der Waals surface area contributed by atoms with Crippen LogP contribution >= 0.6 is 11.8 Å². The molecule has 1 aromatic rings. The van der Waals surface area contributed by atoms with Gasteiger partial charge in [-0.15, -0.1) is 11.8 Å². The first-order valence-corrected chi connectivity index (χ1v) is 8.36. The van der Waals surface area contributed by atoms with Crippen LogP contribution in [0.25, 0.3) is 0 Å². The minimum atomic E-state index is -0.683. The largest absolute Gasteiger partial charge is 0.460 e. The van der Waals surface area contributed by atoms with E-state index in [1.54, 1.807) is 6.26 Å². The smallest absolute Gasteiger partial charge is 0.310 e. The molecular weight excluding hydrogens is 306 g/mol.